The predicted octanol–water partition coefficient (Wildman–Crippen LogP) is 2.87. The number of benzene rings is 1. The Morgan fingerprint density at radius 3 is 2.64 bits per heavy atom. The zero-order valence-electron chi connectivity index (χ0n) is 12.0. The molecule has 0 radical (unpaired) electrons. The van der Waals surface area contributed by atoms with E-state index >= 15 is 0 Å². The number of hydrogen-bond donors (Lipinski definition) is 1. The average molecular weight is 338 g/mol. The molecule has 3 rings (SSSR count). The molecular weight excluding hydrogens is 321 g/mol. The van der Waals surface area contributed by atoms with Crippen LogP contribution in [0.25, 0.3) is 11.3 Å². The summed E-state index contributed by atoms with van der Waals surface area (Å²) in [5.74, 6) is -0.0146. The molecule has 4 nitrogen and oxygen atoms in total. The number of pyridine rings is 1. The summed E-state index contributed by atoms with van der Waals surface area (Å²) in [6.07, 6.45) is 1.74. The van der Waals surface area contributed by atoms with Gasteiger partial charge < -0.3 is 10.2 Å². The first-order chi connectivity index (χ1) is 10.3. The van der Waals surface area contributed by atoms with Crippen LogP contribution < -0.4 is 5.32 Å². The highest BCUT2D eigenvalue weighted by Crippen LogP contribution is 2.25. The third kappa shape index (κ3) is 3.58. The molecule has 116 valence electrons. The second kappa shape index (κ2) is 7.58. The van der Waals surface area contributed by atoms with Gasteiger partial charge in [-0.1, -0.05) is 23.7 Å². The maximum Gasteiger partial charge on any atom is 0.255 e. The molecule has 0 atom stereocenters. The lowest BCUT2D eigenvalue weighted by Crippen LogP contribution is -2.46. The fraction of sp³-hybridized carbons (Fsp3) is 0.250. The lowest BCUT2D eigenvalue weighted by atomic mass is 10.1. The van der Waals surface area contributed by atoms with Gasteiger partial charge >= 0.3 is 0 Å². The zero-order chi connectivity index (χ0) is 14.7. The molecule has 2 heterocycles. The molecule has 1 aromatic carbocycles. The van der Waals surface area contributed by atoms with E-state index in [0.29, 0.717) is 23.7 Å². The molecule has 22 heavy (non-hydrogen) atoms. The molecule has 1 N–H and O–H groups in total. The van der Waals surface area contributed by atoms with Crippen LogP contribution in [0.2, 0.25) is 5.02 Å². The van der Waals surface area contributed by atoms with Gasteiger partial charge in [0.25, 0.3) is 5.91 Å². The molecule has 6 heteroatoms. The first-order valence-electron chi connectivity index (χ1n) is 6.96. The maximum atomic E-state index is 12.6. The molecular formula is C16H17Cl2N3O. The summed E-state index contributed by atoms with van der Waals surface area (Å²) in [4.78, 5) is 18.7. The van der Waals surface area contributed by atoms with Gasteiger partial charge in [0.2, 0.25) is 0 Å². The normalized spacial score (nSPS) is 14.3. The van der Waals surface area contributed by atoms with Crippen LogP contribution in [0, 0.1) is 0 Å². The molecule has 1 fully saturated rings. The smallest absolute Gasteiger partial charge is 0.255 e. The van der Waals surface area contributed by atoms with E-state index in [2.05, 4.69) is 10.3 Å². The quantitative estimate of drug-likeness (QED) is 0.916. The largest absolute Gasteiger partial charge is 0.336 e. The van der Waals surface area contributed by atoms with Crippen LogP contribution in [0.4, 0.5) is 0 Å². The monoisotopic (exact) mass is 337 g/mol. The van der Waals surface area contributed by atoms with E-state index in [1.54, 1.807) is 12.3 Å². The molecule has 1 saturated heterocycles. The van der Waals surface area contributed by atoms with Crippen molar-refractivity contribution >= 4 is 29.9 Å². The van der Waals surface area contributed by atoms with E-state index in [4.69, 9.17) is 11.6 Å². The minimum Gasteiger partial charge on any atom is -0.336 e. The van der Waals surface area contributed by atoms with Crippen molar-refractivity contribution in [3.63, 3.8) is 0 Å². The summed E-state index contributed by atoms with van der Waals surface area (Å²) < 4.78 is 0. The van der Waals surface area contributed by atoms with E-state index in [1.165, 1.54) is 0 Å². The molecule has 1 aliphatic rings. The van der Waals surface area contributed by atoms with Gasteiger partial charge in [-0.15, -0.1) is 12.4 Å². The Bertz CT molecular complexity index is 643. The van der Waals surface area contributed by atoms with Gasteiger partial charge in [0, 0.05) is 37.9 Å². The molecule has 1 aliphatic heterocycles. The topological polar surface area (TPSA) is 45.2 Å². The molecule has 0 spiro atoms. The standard InChI is InChI=1S/C16H16ClN3O.ClH/c17-14-5-4-12(15-3-1-2-6-19-15)11-13(14)16(21)20-9-7-18-8-10-20;/h1-6,11,18H,7-10H2;1H. The highest BCUT2D eigenvalue weighted by Gasteiger charge is 2.20. The number of nitrogens with zero attached hydrogens (tertiary/aromatic N) is 2. The van der Waals surface area contributed by atoms with E-state index < -0.39 is 0 Å². The van der Waals surface area contributed by atoms with Crippen LogP contribution in [0.5, 0.6) is 0 Å². The second-order valence-corrected chi connectivity index (χ2v) is 5.36. The van der Waals surface area contributed by atoms with Crippen LogP contribution in [0.3, 0.4) is 0 Å². The number of nitrogens with one attached hydrogen (secondary N) is 1. The Hall–Kier alpha value is -1.62. The molecule has 1 aromatic heterocycles. The summed E-state index contributed by atoms with van der Waals surface area (Å²) in [5, 5.41) is 3.72. The van der Waals surface area contributed by atoms with Crippen LogP contribution in [-0.2, 0) is 0 Å². The van der Waals surface area contributed by atoms with Crippen molar-refractivity contribution in [2.24, 2.45) is 0 Å². The first kappa shape index (κ1) is 16.7. The van der Waals surface area contributed by atoms with Gasteiger partial charge in [-0.3, -0.25) is 9.78 Å². The highest BCUT2D eigenvalue weighted by atomic mass is 35.5. The fourth-order valence-electron chi connectivity index (χ4n) is 2.42. The number of carbonyl (C=O) groups excluding carboxylic acids is 1. The molecule has 0 bridgehead atoms. The van der Waals surface area contributed by atoms with Crippen LogP contribution in [0.15, 0.2) is 42.6 Å². The molecule has 0 saturated carbocycles. The molecule has 0 aliphatic carbocycles. The van der Waals surface area contributed by atoms with E-state index in [-0.39, 0.29) is 18.3 Å². The van der Waals surface area contributed by atoms with Crippen molar-refractivity contribution in [3.05, 3.63) is 53.2 Å². The van der Waals surface area contributed by atoms with Crippen molar-refractivity contribution in [2.75, 3.05) is 26.2 Å². The second-order valence-electron chi connectivity index (χ2n) is 4.95. The van der Waals surface area contributed by atoms with Gasteiger partial charge in [-0.25, -0.2) is 0 Å². The zero-order valence-corrected chi connectivity index (χ0v) is 13.5. The van der Waals surface area contributed by atoms with Crippen molar-refractivity contribution in [1.29, 1.82) is 0 Å². The summed E-state index contributed by atoms with van der Waals surface area (Å²) in [7, 11) is 0. The Kier molecular flexibility index (Phi) is 5.77. The number of amides is 1. The van der Waals surface area contributed by atoms with E-state index in [9.17, 15) is 4.79 Å². The molecule has 1 amide bonds. The van der Waals surface area contributed by atoms with Gasteiger partial charge in [0.1, 0.15) is 0 Å². The third-order valence-electron chi connectivity index (χ3n) is 3.56. The predicted molar refractivity (Wildman–Crippen MR) is 90.7 cm³/mol. The summed E-state index contributed by atoms with van der Waals surface area (Å²) >= 11 is 6.21. The number of carbonyl (C=O) groups is 1. The van der Waals surface area contributed by atoms with E-state index in [0.717, 1.165) is 24.3 Å². The van der Waals surface area contributed by atoms with Gasteiger partial charge in [-0.05, 0) is 24.3 Å². The summed E-state index contributed by atoms with van der Waals surface area (Å²) in [6.45, 7) is 3.07. The van der Waals surface area contributed by atoms with Crippen molar-refractivity contribution in [3.8, 4) is 11.3 Å². The van der Waals surface area contributed by atoms with Crippen LogP contribution in [-0.4, -0.2) is 42.0 Å². The number of piperazine rings is 1. The SMILES string of the molecule is Cl.O=C(c1cc(-c2ccccn2)ccc1Cl)N1CCNCC1. The highest BCUT2D eigenvalue weighted by molar-refractivity contribution is 6.34. The minimum atomic E-state index is -0.0146. The van der Waals surface area contributed by atoms with E-state index in [1.807, 2.05) is 35.2 Å². The van der Waals surface area contributed by atoms with Gasteiger partial charge in [-0.2, -0.15) is 0 Å². The van der Waals surface area contributed by atoms with Crippen LogP contribution in [0.1, 0.15) is 10.4 Å². The molecule has 2 aromatic rings. The summed E-state index contributed by atoms with van der Waals surface area (Å²) in [6, 6.07) is 11.2. The Balaban J connectivity index is 0.00000176. The Morgan fingerprint density at radius 2 is 1.95 bits per heavy atom. The average Bonchev–Trinajstić information content (AvgIpc) is 2.56. The fourth-order valence-corrected chi connectivity index (χ4v) is 2.62. The number of hydrogen-bond acceptors (Lipinski definition) is 3. The third-order valence-corrected chi connectivity index (χ3v) is 3.89. The first-order valence-corrected chi connectivity index (χ1v) is 7.34. The minimum absolute atomic E-state index is 0. The van der Waals surface area contributed by atoms with Crippen molar-refractivity contribution in [1.82, 2.24) is 15.2 Å². The summed E-state index contributed by atoms with van der Waals surface area (Å²) in [5.41, 5.74) is 2.28. The van der Waals surface area contributed by atoms with Crippen molar-refractivity contribution in [2.45, 2.75) is 0 Å². The number of halogens is 2. The lowest BCUT2D eigenvalue weighted by molar-refractivity contribution is 0.0736. The lowest BCUT2D eigenvalue weighted by Gasteiger charge is -2.27. The number of aromatic nitrogens is 1. The van der Waals surface area contributed by atoms with Crippen molar-refractivity contribution < 1.29 is 4.79 Å². The van der Waals surface area contributed by atoms with Gasteiger partial charge in [0.15, 0.2) is 0 Å². The van der Waals surface area contributed by atoms with Crippen LogP contribution >= 0.6 is 24.0 Å². The Morgan fingerprint density at radius 1 is 1.18 bits per heavy atom. The van der Waals surface area contributed by atoms with Gasteiger partial charge in [0.05, 0.1) is 16.3 Å². The molecule has 0 unspecified atom stereocenters. The number of rotatable bonds is 2. The maximum absolute atomic E-state index is 12.6. The Labute approximate surface area is 140 Å².